The van der Waals surface area contributed by atoms with Crippen molar-refractivity contribution in [1.29, 1.82) is 0 Å². The highest BCUT2D eigenvalue weighted by Gasteiger charge is 2.44. The summed E-state index contributed by atoms with van der Waals surface area (Å²) in [5, 5.41) is 28.8. The first-order valence-electron chi connectivity index (χ1n) is 11.3. The number of carbonyl (C=O) groups excluding carboxylic acids is 1. The predicted molar refractivity (Wildman–Crippen MR) is 115 cm³/mol. The Labute approximate surface area is 180 Å². The molecule has 30 heavy (non-hydrogen) atoms. The number of esters is 1. The summed E-state index contributed by atoms with van der Waals surface area (Å²) in [6, 6.07) is 0. The Morgan fingerprint density at radius 3 is 2.53 bits per heavy atom. The van der Waals surface area contributed by atoms with Gasteiger partial charge in [0.1, 0.15) is 6.10 Å². The van der Waals surface area contributed by atoms with E-state index in [9.17, 15) is 19.8 Å². The van der Waals surface area contributed by atoms with E-state index in [0.717, 1.165) is 19.3 Å². The molecule has 9 atom stereocenters. The minimum Gasteiger partial charge on any atom is -0.481 e. The van der Waals surface area contributed by atoms with Crippen molar-refractivity contribution in [3.63, 3.8) is 0 Å². The minimum atomic E-state index is -1.09. The van der Waals surface area contributed by atoms with E-state index in [1.54, 1.807) is 6.08 Å². The monoisotopic (exact) mass is 422 g/mol. The standard InChI is InChI=1S/C24H38O6/c1-5-15(3)24(29)30-21-11-14(2)10-17-7-6-16(4)20(23(17)21)9-8-18(25)12-19(26)13-22(27)28/h6-9,14-21,23,25-26H,5,10-13H2,1-4H3,(H,27,28)/b9-8+/t14-,15+,16+,17?,18-,19-,20+,21+,23+/m1/s1. The van der Waals surface area contributed by atoms with Gasteiger partial charge in [0.05, 0.1) is 24.5 Å². The van der Waals surface area contributed by atoms with Gasteiger partial charge in [0, 0.05) is 12.3 Å². The van der Waals surface area contributed by atoms with Crippen LogP contribution in [0.1, 0.15) is 59.8 Å². The van der Waals surface area contributed by atoms with E-state index in [0.29, 0.717) is 11.8 Å². The van der Waals surface area contributed by atoms with Crippen LogP contribution < -0.4 is 0 Å². The van der Waals surface area contributed by atoms with Crippen LogP contribution in [0.15, 0.2) is 24.3 Å². The number of carboxylic acids is 1. The third-order valence-electron chi connectivity index (χ3n) is 6.71. The van der Waals surface area contributed by atoms with Gasteiger partial charge in [-0.05, 0) is 42.9 Å². The summed E-state index contributed by atoms with van der Waals surface area (Å²) < 4.78 is 6.00. The second kappa shape index (κ2) is 11.1. The van der Waals surface area contributed by atoms with Crippen LogP contribution in [0.25, 0.3) is 0 Å². The van der Waals surface area contributed by atoms with E-state index >= 15 is 0 Å². The van der Waals surface area contributed by atoms with Gasteiger partial charge in [0.25, 0.3) is 0 Å². The highest BCUT2D eigenvalue weighted by Crippen LogP contribution is 2.46. The van der Waals surface area contributed by atoms with Gasteiger partial charge in [0.15, 0.2) is 0 Å². The van der Waals surface area contributed by atoms with E-state index < -0.39 is 18.2 Å². The molecule has 0 heterocycles. The minimum absolute atomic E-state index is 0.0166. The van der Waals surface area contributed by atoms with Gasteiger partial charge in [-0.2, -0.15) is 0 Å². The summed E-state index contributed by atoms with van der Waals surface area (Å²) in [7, 11) is 0. The number of carbonyl (C=O) groups is 2. The molecule has 2 aliphatic rings. The van der Waals surface area contributed by atoms with Crippen LogP contribution in [0.3, 0.4) is 0 Å². The molecular weight excluding hydrogens is 384 g/mol. The first-order valence-corrected chi connectivity index (χ1v) is 11.3. The number of hydrogen-bond acceptors (Lipinski definition) is 5. The Kier molecular flexibility index (Phi) is 9.10. The molecule has 2 aliphatic carbocycles. The Morgan fingerprint density at radius 1 is 1.20 bits per heavy atom. The normalized spacial score (nSPS) is 34.2. The van der Waals surface area contributed by atoms with E-state index in [4.69, 9.17) is 9.84 Å². The molecule has 6 nitrogen and oxygen atoms in total. The number of carboxylic acid groups (broad SMARTS) is 1. The summed E-state index contributed by atoms with van der Waals surface area (Å²) in [5.74, 6) is -0.0628. The van der Waals surface area contributed by atoms with Crippen molar-refractivity contribution in [2.75, 3.05) is 0 Å². The van der Waals surface area contributed by atoms with Crippen molar-refractivity contribution in [3.8, 4) is 0 Å². The number of aliphatic carboxylic acids is 1. The zero-order chi connectivity index (χ0) is 22.4. The molecule has 6 heteroatoms. The average Bonchev–Trinajstić information content (AvgIpc) is 2.65. The Hall–Kier alpha value is -1.66. The lowest BCUT2D eigenvalue weighted by atomic mass is 9.61. The fourth-order valence-corrected chi connectivity index (χ4v) is 4.85. The number of fused-ring (bicyclic) bond motifs is 1. The third kappa shape index (κ3) is 6.67. The second-order valence-corrected chi connectivity index (χ2v) is 9.36. The van der Waals surface area contributed by atoms with Gasteiger partial charge < -0.3 is 20.1 Å². The summed E-state index contributed by atoms with van der Waals surface area (Å²) in [6.45, 7) is 8.20. The van der Waals surface area contributed by atoms with Crippen molar-refractivity contribution < 1.29 is 29.6 Å². The molecule has 3 N–H and O–H groups in total. The molecule has 0 bridgehead atoms. The van der Waals surface area contributed by atoms with Gasteiger partial charge in [-0.1, -0.05) is 52.0 Å². The fraction of sp³-hybridized carbons (Fsp3) is 0.750. The molecule has 0 aliphatic heterocycles. The summed E-state index contributed by atoms with van der Waals surface area (Å²) in [4.78, 5) is 23.2. The SMILES string of the molecule is CC[C@H](C)C(=O)O[C@H]1C[C@H](C)CC2C=C[C@H](C)[C@H](/C=C/[C@@H](O)C[C@@H](O)CC(=O)O)[C@H]21. The van der Waals surface area contributed by atoms with Crippen LogP contribution in [0.2, 0.25) is 0 Å². The molecule has 0 aromatic carbocycles. The van der Waals surface area contributed by atoms with Crippen LogP contribution in [-0.4, -0.2) is 45.6 Å². The highest BCUT2D eigenvalue weighted by molar-refractivity contribution is 5.72. The molecule has 0 spiro atoms. The van der Waals surface area contributed by atoms with Crippen LogP contribution in [0.5, 0.6) is 0 Å². The van der Waals surface area contributed by atoms with Crippen molar-refractivity contribution in [3.05, 3.63) is 24.3 Å². The molecule has 0 aromatic rings. The average molecular weight is 423 g/mol. The molecule has 0 aromatic heterocycles. The molecular formula is C24H38O6. The van der Waals surface area contributed by atoms with Crippen LogP contribution in [0.4, 0.5) is 0 Å². The maximum Gasteiger partial charge on any atom is 0.308 e. The van der Waals surface area contributed by atoms with Crippen LogP contribution >= 0.6 is 0 Å². The molecule has 0 radical (unpaired) electrons. The number of allylic oxidation sites excluding steroid dienone is 3. The first kappa shape index (κ1) is 24.6. The predicted octanol–water partition coefficient (Wildman–Crippen LogP) is 3.57. The van der Waals surface area contributed by atoms with E-state index in [2.05, 4.69) is 26.0 Å². The Bertz CT molecular complexity index is 642. The van der Waals surface area contributed by atoms with Crippen molar-refractivity contribution in [1.82, 2.24) is 0 Å². The molecule has 1 fully saturated rings. The van der Waals surface area contributed by atoms with Gasteiger partial charge in [-0.15, -0.1) is 0 Å². The third-order valence-corrected chi connectivity index (χ3v) is 6.71. The molecule has 0 amide bonds. The lowest BCUT2D eigenvalue weighted by Crippen LogP contribution is -2.45. The number of rotatable bonds is 9. The topological polar surface area (TPSA) is 104 Å². The van der Waals surface area contributed by atoms with Gasteiger partial charge >= 0.3 is 11.9 Å². The smallest absolute Gasteiger partial charge is 0.308 e. The van der Waals surface area contributed by atoms with E-state index in [1.807, 2.05) is 19.9 Å². The maximum absolute atomic E-state index is 12.5. The summed E-state index contributed by atoms with van der Waals surface area (Å²) in [6.07, 6.45) is 8.18. The fourth-order valence-electron chi connectivity index (χ4n) is 4.85. The number of aliphatic hydroxyl groups excluding tert-OH is 2. The van der Waals surface area contributed by atoms with E-state index in [-0.39, 0.29) is 48.6 Å². The van der Waals surface area contributed by atoms with Gasteiger partial charge in [-0.3, -0.25) is 9.59 Å². The molecule has 0 saturated heterocycles. The van der Waals surface area contributed by atoms with Crippen LogP contribution in [-0.2, 0) is 14.3 Å². The first-order chi connectivity index (χ1) is 14.1. The quantitative estimate of drug-likeness (QED) is 0.388. The summed E-state index contributed by atoms with van der Waals surface area (Å²) in [5.41, 5.74) is 0. The van der Waals surface area contributed by atoms with Crippen molar-refractivity contribution >= 4 is 11.9 Å². The Balaban J connectivity index is 2.15. The van der Waals surface area contributed by atoms with Crippen LogP contribution in [0, 0.1) is 35.5 Å². The molecule has 170 valence electrons. The lowest BCUT2D eigenvalue weighted by molar-refractivity contribution is -0.162. The zero-order valence-electron chi connectivity index (χ0n) is 18.6. The molecule has 2 rings (SSSR count). The maximum atomic E-state index is 12.5. The number of aliphatic hydroxyl groups is 2. The molecule has 1 saturated carbocycles. The van der Waals surface area contributed by atoms with Crippen molar-refractivity contribution in [2.24, 2.45) is 35.5 Å². The largest absolute Gasteiger partial charge is 0.481 e. The van der Waals surface area contributed by atoms with Crippen molar-refractivity contribution in [2.45, 2.75) is 78.1 Å². The van der Waals surface area contributed by atoms with Gasteiger partial charge in [-0.25, -0.2) is 0 Å². The second-order valence-electron chi connectivity index (χ2n) is 9.36. The Morgan fingerprint density at radius 2 is 1.90 bits per heavy atom. The van der Waals surface area contributed by atoms with Gasteiger partial charge in [0.2, 0.25) is 0 Å². The zero-order valence-corrected chi connectivity index (χ0v) is 18.6. The number of hydrogen-bond donors (Lipinski definition) is 3. The summed E-state index contributed by atoms with van der Waals surface area (Å²) >= 11 is 0. The lowest BCUT2D eigenvalue weighted by Gasteiger charge is -2.46. The number of ether oxygens (including phenoxy) is 1. The van der Waals surface area contributed by atoms with E-state index in [1.165, 1.54) is 0 Å². The molecule has 1 unspecified atom stereocenters. The highest BCUT2D eigenvalue weighted by atomic mass is 16.5.